The van der Waals surface area contributed by atoms with Crippen molar-refractivity contribution in [2.45, 2.75) is 45.1 Å². The van der Waals surface area contributed by atoms with Crippen LogP contribution in [0.15, 0.2) is 30.7 Å². The first-order chi connectivity index (χ1) is 15.7. The first-order valence-corrected chi connectivity index (χ1v) is 9.93. The van der Waals surface area contributed by atoms with E-state index in [-0.39, 0.29) is 48.7 Å². The van der Waals surface area contributed by atoms with Crippen LogP contribution in [-0.4, -0.2) is 60.0 Å². The Morgan fingerprint density at radius 1 is 1.12 bits per heavy atom. The Kier molecular flexibility index (Phi) is 7.35. The lowest BCUT2D eigenvalue weighted by Crippen LogP contribution is -2.24. The molecule has 2 N–H and O–H groups in total. The van der Waals surface area contributed by atoms with Crippen molar-refractivity contribution in [2.75, 3.05) is 7.05 Å². The lowest BCUT2D eigenvalue weighted by Gasteiger charge is -2.11. The van der Waals surface area contributed by atoms with Crippen LogP contribution < -0.4 is 10.6 Å². The highest BCUT2D eigenvalue weighted by atomic mass is 19.3. The summed E-state index contributed by atoms with van der Waals surface area (Å²) < 4.78 is 43.7. The molecule has 0 spiro atoms. The van der Waals surface area contributed by atoms with Crippen LogP contribution in [0.2, 0.25) is 0 Å². The Labute approximate surface area is 186 Å². The maximum Gasteiger partial charge on any atom is 0.273 e. The second kappa shape index (κ2) is 10.2. The van der Waals surface area contributed by atoms with E-state index < -0.39 is 23.9 Å². The van der Waals surface area contributed by atoms with E-state index in [0.29, 0.717) is 0 Å². The number of aryl methyl sites for hydroxylation is 1. The molecule has 1 atom stereocenters. The van der Waals surface area contributed by atoms with E-state index in [9.17, 15) is 22.8 Å². The van der Waals surface area contributed by atoms with Crippen molar-refractivity contribution >= 4 is 11.8 Å². The number of carbonyl (C=O) groups is 2. The van der Waals surface area contributed by atoms with Crippen LogP contribution >= 0.6 is 0 Å². The first kappa shape index (κ1) is 23.8. The fraction of sp³-hybridized carbons (Fsp3) is 0.421. The van der Waals surface area contributed by atoms with Crippen LogP contribution in [0.5, 0.6) is 0 Å². The van der Waals surface area contributed by atoms with Crippen molar-refractivity contribution in [1.29, 1.82) is 0 Å². The minimum atomic E-state index is -3.02. The van der Waals surface area contributed by atoms with Gasteiger partial charge < -0.3 is 10.6 Å². The number of amides is 2. The smallest absolute Gasteiger partial charge is 0.273 e. The second-order valence-electron chi connectivity index (χ2n) is 7.26. The number of carbonyl (C=O) groups excluding carboxylic acids is 2. The van der Waals surface area contributed by atoms with Crippen LogP contribution in [0.3, 0.4) is 0 Å². The Hall–Kier alpha value is -3.84. The van der Waals surface area contributed by atoms with E-state index in [0.717, 1.165) is 6.92 Å². The van der Waals surface area contributed by atoms with Gasteiger partial charge in [-0.15, -0.1) is 10.2 Å². The molecule has 3 aromatic rings. The molecule has 0 aliphatic heterocycles. The summed E-state index contributed by atoms with van der Waals surface area (Å²) in [5.41, 5.74) is 0.125. The predicted octanol–water partition coefficient (Wildman–Crippen LogP) is 1.09. The number of nitrogens with one attached hydrogen (secondary N) is 2. The normalized spacial score (nSPS) is 12.4. The average molecular weight is 465 g/mol. The monoisotopic (exact) mass is 465 g/mol. The van der Waals surface area contributed by atoms with Gasteiger partial charge in [-0.2, -0.15) is 0 Å². The Morgan fingerprint density at radius 2 is 1.79 bits per heavy atom. The molecule has 3 rings (SSSR count). The minimum absolute atomic E-state index is 0.0503. The molecular formula is C19H22F3N9O2. The second-order valence-corrected chi connectivity index (χ2v) is 7.26. The third-order valence-electron chi connectivity index (χ3n) is 4.58. The lowest BCUT2D eigenvalue weighted by atomic mass is 10.1. The van der Waals surface area contributed by atoms with Crippen molar-refractivity contribution in [3.8, 4) is 0 Å². The van der Waals surface area contributed by atoms with Gasteiger partial charge in [0.15, 0.2) is 11.4 Å². The van der Waals surface area contributed by atoms with E-state index in [4.69, 9.17) is 0 Å². The van der Waals surface area contributed by atoms with Gasteiger partial charge in [-0.25, -0.2) is 17.9 Å². The van der Waals surface area contributed by atoms with E-state index >= 15 is 0 Å². The van der Waals surface area contributed by atoms with Gasteiger partial charge in [-0.1, -0.05) is 10.4 Å². The fourth-order valence-corrected chi connectivity index (χ4v) is 2.81. The van der Waals surface area contributed by atoms with E-state index in [1.807, 2.05) is 0 Å². The van der Waals surface area contributed by atoms with Crippen LogP contribution in [0, 0.1) is 0 Å². The number of alkyl halides is 3. The first-order valence-electron chi connectivity index (χ1n) is 9.93. The molecule has 176 valence electrons. The molecule has 0 bridgehead atoms. The fourth-order valence-electron chi connectivity index (χ4n) is 2.81. The average Bonchev–Trinajstić information content (AvgIpc) is 3.45. The summed E-state index contributed by atoms with van der Waals surface area (Å²) in [4.78, 5) is 27.7. The number of halogens is 3. The maximum absolute atomic E-state index is 14.3. The number of pyridine rings is 1. The highest BCUT2D eigenvalue weighted by molar-refractivity contribution is 5.92. The Morgan fingerprint density at radius 3 is 2.48 bits per heavy atom. The van der Waals surface area contributed by atoms with Gasteiger partial charge in [0.05, 0.1) is 31.2 Å². The van der Waals surface area contributed by atoms with E-state index in [1.54, 1.807) is 0 Å². The molecule has 0 saturated carbocycles. The van der Waals surface area contributed by atoms with Gasteiger partial charge in [0.1, 0.15) is 6.17 Å². The zero-order valence-corrected chi connectivity index (χ0v) is 17.9. The molecule has 1 unspecified atom stereocenters. The van der Waals surface area contributed by atoms with Gasteiger partial charge in [0, 0.05) is 38.7 Å². The van der Waals surface area contributed by atoms with Crippen LogP contribution in [-0.2, 0) is 25.6 Å². The molecule has 11 nitrogen and oxygen atoms in total. The molecular weight excluding hydrogens is 443 g/mol. The van der Waals surface area contributed by atoms with Gasteiger partial charge in [-0.3, -0.25) is 19.3 Å². The molecule has 0 aromatic carbocycles. The highest BCUT2D eigenvalue weighted by Crippen LogP contribution is 2.26. The number of hydrogen-bond acceptors (Lipinski definition) is 7. The number of aromatic nitrogens is 7. The number of hydrogen-bond donors (Lipinski definition) is 2. The molecule has 14 heteroatoms. The maximum atomic E-state index is 14.3. The summed E-state index contributed by atoms with van der Waals surface area (Å²) in [7, 11) is 1.47. The third kappa shape index (κ3) is 6.57. The summed E-state index contributed by atoms with van der Waals surface area (Å²) in [6, 6.07) is 2.41. The zero-order chi connectivity index (χ0) is 24.0. The van der Waals surface area contributed by atoms with Crippen LogP contribution in [0.4, 0.5) is 13.2 Å². The molecule has 0 aliphatic carbocycles. The highest BCUT2D eigenvalue weighted by Gasteiger charge is 2.24. The van der Waals surface area contributed by atoms with Crippen molar-refractivity contribution in [3.63, 3.8) is 0 Å². The number of rotatable bonds is 10. The predicted molar refractivity (Wildman–Crippen MR) is 108 cm³/mol. The van der Waals surface area contributed by atoms with Gasteiger partial charge in [-0.05, 0) is 12.1 Å². The standard InChI is InChI=1S/C19H22F3N9O2/c1-19(21,22)12-3-5-24-14(7-12)8-25-18(33)16-11-31(29-27-16)9-13(20)4-6-30-10-15(26-28-30)17(32)23-2/h3,5,7,10-11,13H,4,6,8-9H2,1-2H3,(H,23,32)(H,25,33). The Balaban J connectivity index is 1.48. The zero-order valence-electron chi connectivity index (χ0n) is 17.9. The molecule has 0 fully saturated rings. The molecule has 2 amide bonds. The molecule has 0 saturated heterocycles. The van der Waals surface area contributed by atoms with Crippen molar-refractivity contribution < 1.29 is 22.8 Å². The van der Waals surface area contributed by atoms with Crippen molar-refractivity contribution in [2.24, 2.45) is 0 Å². The summed E-state index contributed by atoms with van der Waals surface area (Å²) >= 11 is 0. The number of nitrogens with zero attached hydrogens (tertiary/aromatic N) is 7. The van der Waals surface area contributed by atoms with Gasteiger partial charge in [0.25, 0.3) is 17.7 Å². The molecule has 33 heavy (non-hydrogen) atoms. The van der Waals surface area contributed by atoms with Crippen molar-refractivity contribution in [3.05, 3.63) is 53.4 Å². The minimum Gasteiger partial charge on any atom is -0.354 e. The van der Waals surface area contributed by atoms with E-state index in [2.05, 4.69) is 36.2 Å². The van der Waals surface area contributed by atoms with Gasteiger partial charge in [0.2, 0.25) is 0 Å². The summed E-state index contributed by atoms with van der Waals surface area (Å²) in [5.74, 6) is -4.01. The summed E-state index contributed by atoms with van der Waals surface area (Å²) in [6.07, 6.45) is 2.69. The quantitative estimate of drug-likeness (QED) is 0.458. The lowest BCUT2D eigenvalue weighted by molar-refractivity contribution is 0.0173. The molecule has 3 heterocycles. The summed E-state index contributed by atoms with van der Waals surface area (Å²) in [5, 5.41) is 19.8. The van der Waals surface area contributed by atoms with Crippen molar-refractivity contribution in [1.82, 2.24) is 45.6 Å². The topological polar surface area (TPSA) is 133 Å². The Bertz CT molecular complexity index is 1110. The van der Waals surface area contributed by atoms with Gasteiger partial charge >= 0.3 is 0 Å². The van der Waals surface area contributed by atoms with Crippen LogP contribution in [0.25, 0.3) is 0 Å². The summed E-state index contributed by atoms with van der Waals surface area (Å²) in [6.45, 7) is 0.731. The largest absolute Gasteiger partial charge is 0.354 e. The molecule has 3 aromatic heterocycles. The third-order valence-corrected chi connectivity index (χ3v) is 4.58. The molecule has 0 radical (unpaired) electrons. The van der Waals surface area contributed by atoms with E-state index in [1.165, 1.54) is 47.1 Å². The molecule has 0 aliphatic rings. The van der Waals surface area contributed by atoms with Crippen LogP contribution in [0.1, 0.15) is 45.6 Å². The SMILES string of the molecule is CNC(=O)c1cn(CCC(F)Cn2cc(C(=O)NCc3cc(C(C)(F)F)ccn3)nn2)nn1.